The SMILES string of the molecule is CNCc1ccc(Oc2ccc(Br)c(C)c2)cc1. The highest BCUT2D eigenvalue weighted by Gasteiger charge is 2.00. The first-order chi connectivity index (χ1) is 8.69. The van der Waals surface area contributed by atoms with E-state index in [1.54, 1.807) is 0 Å². The van der Waals surface area contributed by atoms with Crippen molar-refractivity contribution >= 4 is 15.9 Å². The normalized spacial score (nSPS) is 10.4. The summed E-state index contributed by atoms with van der Waals surface area (Å²) in [6.45, 7) is 2.92. The zero-order valence-electron chi connectivity index (χ0n) is 10.5. The average Bonchev–Trinajstić information content (AvgIpc) is 2.37. The van der Waals surface area contributed by atoms with E-state index in [4.69, 9.17) is 4.74 Å². The van der Waals surface area contributed by atoms with E-state index in [2.05, 4.69) is 33.4 Å². The minimum atomic E-state index is 0.858. The molecular formula is C15H16BrNO. The molecule has 2 aromatic rings. The van der Waals surface area contributed by atoms with Gasteiger partial charge in [-0.15, -0.1) is 0 Å². The summed E-state index contributed by atoms with van der Waals surface area (Å²) in [5.74, 6) is 1.72. The molecule has 3 heteroatoms. The summed E-state index contributed by atoms with van der Waals surface area (Å²) in [6.07, 6.45) is 0. The quantitative estimate of drug-likeness (QED) is 0.911. The lowest BCUT2D eigenvalue weighted by atomic mass is 10.2. The van der Waals surface area contributed by atoms with E-state index in [9.17, 15) is 0 Å². The van der Waals surface area contributed by atoms with Crippen LogP contribution in [0, 0.1) is 6.92 Å². The Balaban J connectivity index is 2.10. The minimum absolute atomic E-state index is 0.858. The number of hydrogen-bond acceptors (Lipinski definition) is 2. The molecule has 0 unspecified atom stereocenters. The number of aryl methyl sites for hydroxylation is 1. The van der Waals surface area contributed by atoms with Crippen LogP contribution in [0.2, 0.25) is 0 Å². The Morgan fingerprint density at radius 2 is 1.72 bits per heavy atom. The Labute approximate surface area is 116 Å². The van der Waals surface area contributed by atoms with Crippen molar-refractivity contribution in [2.75, 3.05) is 7.05 Å². The molecular weight excluding hydrogens is 290 g/mol. The molecule has 18 heavy (non-hydrogen) atoms. The molecule has 94 valence electrons. The van der Waals surface area contributed by atoms with Gasteiger partial charge in [0.15, 0.2) is 0 Å². The third-order valence-corrected chi connectivity index (χ3v) is 3.56. The van der Waals surface area contributed by atoms with Crippen LogP contribution in [0.3, 0.4) is 0 Å². The van der Waals surface area contributed by atoms with Gasteiger partial charge >= 0.3 is 0 Å². The van der Waals surface area contributed by atoms with Crippen molar-refractivity contribution in [2.45, 2.75) is 13.5 Å². The van der Waals surface area contributed by atoms with E-state index in [1.807, 2.05) is 44.3 Å². The van der Waals surface area contributed by atoms with Gasteiger partial charge in [-0.1, -0.05) is 28.1 Å². The van der Waals surface area contributed by atoms with Gasteiger partial charge in [0.2, 0.25) is 0 Å². The largest absolute Gasteiger partial charge is 0.457 e. The van der Waals surface area contributed by atoms with E-state index < -0.39 is 0 Å². The third-order valence-electron chi connectivity index (χ3n) is 2.67. The van der Waals surface area contributed by atoms with Crippen LogP contribution in [-0.4, -0.2) is 7.05 Å². The van der Waals surface area contributed by atoms with Gasteiger partial charge in [-0.3, -0.25) is 0 Å². The Hall–Kier alpha value is -1.32. The summed E-state index contributed by atoms with van der Waals surface area (Å²) >= 11 is 3.48. The lowest BCUT2D eigenvalue weighted by Gasteiger charge is -2.08. The topological polar surface area (TPSA) is 21.3 Å². The molecule has 0 saturated carbocycles. The molecule has 0 fully saturated rings. The predicted molar refractivity (Wildman–Crippen MR) is 78.2 cm³/mol. The maximum atomic E-state index is 5.81. The van der Waals surface area contributed by atoms with Crippen LogP contribution in [0.25, 0.3) is 0 Å². The summed E-state index contributed by atoms with van der Waals surface area (Å²) in [5.41, 5.74) is 2.41. The minimum Gasteiger partial charge on any atom is -0.457 e. The van der Waals surface area contributed by atoms with Crippen LogP contribution >= 0.6 is 15.9 Å². The molecule has 0 spiro atoms. The second kappa shape index (κ2) is 6.03. The van der Waals surface area contributed by atoms with Crippen molar-refractivity contribution in [2.24, 2.45) is 0 Å². The van der Waals surface area contributed by atoms with Crippen LogP contribution < -0.4 is 10.1 Å². The first-order valence-corrected chi connectivity index (χ1v) is 6.66. The zero-order valence-corrected chi connectivity index (χ0v) is 12.1. The molecule has 0 heterocycles. The zero-order chi connectivity index (χ0) is 13.0. The van der Waals surface area contributed by atoms with Gasteiger partial charge < -0.3 is 10.1 Å². The monoisotopic (exact) mass is 305 g/mol. The number of rotatable bonds is 4. The summed E-state index contributed by atoms with van der Waals surface area (Å²) in [6, 6.07) is 14.1. The maximum absolute atomic E-state index is 5.81. The second-order valence-corrected chi connectivity index (χ2v) is 5.04. The maximum Gasteiger partial charge on any atom is 0.127 e. The first-order valence-electron chi connectivity index (χ1n) is 5.86. The molecule has 2 rings (SSSR count). The number of halogens is 1. The van der Waals surface area contributed by atoms with Crippen LogP contribution in [-0.2, 0) is 6.54 Å². The highest BCUT2D eigenvalue weighted by Crippen LogP contribution is 2.26. The van der Waals surface area contributed by atoms with E-state index in [0.29, 0.717) is 0 Å². The number of benzene rings is 2. The molecule has 0 radical (unpaired) electrons. The third kappa shape index (κ3) is 3.34. The highest BCUT2D eigenvalue weighted by molar-refractivity contribution is 9.10. The molecule has 0 saturated heterocycles. The number of ether oxygens (including phenoxy) is 1. The summed E-state index contributed by atoms with van der Waals surface area (Å²) < 4.78 is 6.90. The van der Waals surface area contributed by atoms with Gasteiger partial charge in [0, 0.05) is 11.0 Å². The summed E-state index contributed by atoms with van der Waals surface area (Å²) in [5, 5.41) is 3.12. The average molecular weight is 306 g/mol. The van der Waals surface area contributed by atoms with Gasteiger partial charge in [-0.2, -0.15) is 0 Å². The smallest absolute Gasteiger partial charge is 0.127 e. The van der Waals surface area contributed by atoms with Gasteiger partial charge in [0.25, 0.3) is 0 Å². The molecule has 2 aromatic carbocycles. The van der Waals surface area contributed by atoms with Gasteiger partial charge in [-0.05, 0) is 55.4 Å². The summed E-state index contributed by atoms with van der Waals surface area (Å²) in [7, 11) is 1.94. The second-order valence-electron chi connectivity index (χ2n) is 4.19. The van der Waals surface area contributed by atoms with Crippen LogP contribution in [0.5, 0.6) is 11.5 Å². The van der Waals surface area contributed by atoms with Gasteiger partial charge in [-0.25, -0.2) is 0 Å². The van der Waals surface area contributed by atoms with E-state index >= 15 is 0 Å². The molecule has 2 nitrogen and oxygen atoms in total. The van der Waals surface area contributed by atoms with E-state index in [0.717, 1.165) is 22.5 Å². The first kappa shape index (κ1) is 13.1. The Morgan fingerprint density at radius 3 is 2.33 bits per heavy atom. The highest BCUT2D eigenvalue weighted by atomic mass is 79.9. The molecule has 0 aromatic heterocycles. The lowest BCUT2D eigenvalue weighted by Crippen LogP contribution is -2.04. The molecule has 0 aliphatic carbocycles. The Kier molecular flexibility index (Phi) is 4.39. The molecule has 0 aliphatic heterocycles. The predicted octanol–water partition coefficient (Wildman–Crippen LogP) is 4.27. The lowest BCUT2D eigenvalue weighted by molar-refractivity contribution is 0.482. The van der Waals surface area contributed by atoms with Crippen molar-refractivity contribution in [1.82, 2.24) is 5.32 Å². The fourth-order valence-corrected chi connectivity index (χ4v) is 1.94. The van der Waals surface area contributed by atoms with Crippen molar-refractivity contribution in [3.05, 3.63) is 58.1 Å². The molecule has 0 bridgehead atoms. The van der Waals surface area contributed by atoms with Crippen LogP contribution in [0.4, 0.5) is 0 Å². The number of nitrogens with one attached hydrogen (secondary N) is 1. The molecule has 0 aliphatic rings. The standard InChI is InChI=1S/C15H16BrNO/c1-11-9-14(7-8-15(11)16)18-13-5-3-12(4-6-13)10-17-2/h3-9,17H,10H2,1-2H3. The molecule has 0 atom stereocenters. The molecule has 0 amide bonds. The number of hydrogen-bond donors (Lipinski definition) is 1. The molecule has 1 N–H and O–H groups in total. The van der Waals surface area contributed by atoms with Crippen LogP contribution in [0.1, 0.15) is 11.1 Å². The van der Waals surface area contributed by atoms with Crippen molar-refractivity contribution < 1.29 is 4.74 Å². The Bertz CT molecular complexity index is 523. The van der Waals surface area contributed by atoms with Crippen molar-refractivity contribution in [3.8, 4) is 11.5 Å². The van der Waals surface area contributed by atoms with Gasteiger partial charge in [0.05, 0.1) is 0 Å². The Morgan fingerprint density at radius 1 is 1.06 bits per heavy atom. The van der Waals surface area contributed by atoms with E-state index in [-0.39, 0.29) is 0 Å². The van der Waals surface area contributed by atoms with Gasteiger partial charge in [0.1, 0.15) is 11.5 Å². The summed E-state index contributed by atoms with van der Waals surface area (Å²) in [4.78, 5) is 0. The van der Waals surface area contributed by atoms with Crippen molar-refractivity contribution in [1.29, 1.82) is 0 Å². The fraction of sp³-hybridized carbons (Fsp3) is 0.200. The fourth-order valence-electron chi connectivity index (χ4n) is 1.70. The van der Waals surface area contributed by atoms with Crippen LogP contribution in [0.15, 0.2) is 46.9 Å². The van der Waals surface area contributed by atoms with Crippen molar-refractivity contribution in [3.63, 3.8) is 0 Å². The van der Waals surface area contributed by atoms with E-state index in [1.165, 1.54) is 11.1 Å².